The Morgan fingerprint density at radius 2 is 1.83 bits per heavy atom. The summed E-state index contributed by atoms with van der Waals surface area (Å²) in [7, 11) is 0. The van der Waals surface area contributed by atoms with Crippen LogP contribution in [0.3, 0.4) is 0 Å². The summed E-state index contributed by atoms with van der Waals surface area (Å²) in [6.07, 6.45) is 0.968. The van der Waals surface area contributed by atoms with Gasteiger partial charge in [-0.05, 0) is 66.3 Å². The standard InChI is InChI=1S/C22H32N2O5/c1-20(2,3)28-18(25)14-7-8-17-15(11-14)16(24-19(26)29-21(4,5)6)12-22(27-17)9-10-23-13-22/h7-8,11,16,23H,9-10,12-13H2,1-6H3,(H,24,26). The number of nitrogens with one attached hydrogen (secondary N) is 2. The SMILES string of the molecule is CC(C)(C)OC(=O)NC1CC2(CCNC2)Oc2ccc(C(=O)OC(C)(C)C)cc21. The van der Waals surface area contributed by atoms with Crippen molar-refractivity contribution in [2.45, 2.75) is 77.2 Å². The molecule has 7 heteroatoms. The number of hydrogen-bond donors (Lipinski definition) is 2. The molecule has 1 aromatic rings. The fourth-order valence-electron chi connectivity index (χ4n) is 3.70. The van der Waals surface area contributed by atoms with Gasteiger partial charge in [0, 0.05) is 24.9 Å². The van der Waals surface area contributed by atoms with E-state index in [0.29, 0.717) is 24.3 Å². The number of rotatable bonds is 2. The third kappa shape index (κ3) is 5.41. The van der Waals surface area contributed by atoms with Crippen LogP contribution in [0.25, 0.3) is 0 Å². The molecule has 2 aliphatic heterocycles. The van der Waals surface area contributed by atoms with Crippen molar-refractivity contribution in [2.75, 3.05) is 13.1 Å². The first-order valence-corrected chi connectivity index (χ1v) is 10.1. The van der Waals surface area contributed by atoms with Crippen LogP contribution in [0, 0.1) is 0 Å². The largest absolute Gasteiger partial charge is 0.485 e. The topological polar surface area (TPSA) is 85.9 Å². The Morgan fingerprint density at radius 1 is 1.14 bits per heavy atom. The van der Waals surface area contributed by atoms with Crippen LogP contribution >= 0.6 is 0 Å². The van der Waals surface area contributed by atoms with Gasteiger partial charge in [0.2, 0.25) is 0 Å². The van der Waals surface area contributed by atoms with E-state index in [4.69, 9.17) is 14.2 Å². The third-order valence-electron chi connectivity index (χ3n) is 4.82. The summed E-state index contributed by atoms with van der Waals surface area (Å²) in [5.74, 6) is 0.271. The van der Waals surface area contributed by atoms with E-state index in [1.165, 1.54) is 0 Å². The highest BCUT2D eigenvalue weighted by molar-refractivity contribution is 5.90. The number of ether oxygens (including phenoxy) is 3. The zero-order chi connectivity index (χ0) is 21.4. The molecule has 0 aliphatic carbocycles. The second-order valence-corrected chi connectivity index (χ2v) is 9.87. The minimum absolute atomic E-state index is 0.323. The molecule has 1 saturated heterocycles. The number of fused-ring (bicyclic) bond motifs is 1. The number of esters is 1. The van der Waals surface area contributed by atoms with Crippen molar-refractivity contribution in [3.63, 3.8) is 0 Å². The molecule has 0 radical (unpaired) electrons. The van der Waals surface area contributed by atoms with Gasteiger partial charge in [-0.1, -0.05) is 0 Å². The van der Waals surface area contributed by atoms with Gasteiger partial charge in [0.15, 0.2) is 0 Å². The van der Waals surface area contributed by atoms with Crippen LogP contribution in [0.4, 0.5) is 4.79 Å². The van der Waals surface area contributed by atoms with E-state index >= 15 is 0 Å². The van der Waals surface area contributed by atoms with Crippen LogP contribution < -0.4 is 15.4 Å². The Bertz CT molecular complexity index is 785. The predicted octanol–water partition coefficient (Wildman–Crippen LogP) is 3.72. The van der Waals surface area contributed by atoms with Crippen molar-refractivity contribution in [2.24, 2.45) is 0 Å². The second-order valence-electron chi connectivity index (χ2n) is 9.87. The van der Waals surface area contributed by atoms with Gasteiger partial charge < -0.3 is 24.8 Å². The highest BCUT2D eigenvalue weighted by Crippen LogP contribution is 2.43. The van der Waals surface area contributed by atoms with E-state index in [1.54, 1.807) is 18.2 Å². The molecule has 160 valence electrons. The number of carbonyl (C=O) groups excluding carboxylic acids is 2. The number of amides is 1. The Labute approximate surface area is 172 Å². The highest BCUT2D eigenvalue weighted by Gasteiger charge is 2.44. The van der Waals surface area contributed by atoms with Gasteiger partial charge in [-0.15, -0.1) is 0 Å². The summed E-state index contributed by atoms with van der Waals surface area (Å²) in [6, 6.07) is 4.92. The minimum atomic E-state index is -0.594. The molecule has 2 unspecified atom stereocenters. The Kier molecular flexibility index (Phi) is 5.56. The number of carbonyl (C=O) groups is 2. The normalized spacial score (nSPS) is 23.9. The smallest absolute Gasteiger partial charge is 0.408 e. The molecule has 1 spiro atoms. The molecule has 1 fully saturated rings. The first-order valence-electron chi connectivity index (χ1n) is 10.1. The maximum absolute atomic E-state index is 12.5. The van der Waals surface area contributed by atoms with Gasteiger partial charge in [0.25, 0.3) is 0 Å². The molecule has 7 nitrogen and oxygen atoms in total. The monoisotopic (exact) mass is 404 g/mol. The van der Waals surface area contributed by atoms with Crippen LogP contribution in [0.1, 0.15) is 76.3 Å². The van der Waals surface area contributed by atoms with Crippen molar-refractivity contribution in [3.8, 4) is 5.75 Å². The predicted molar refractivity (Wildman–Crippen MR) is 109 cm³/mol. The highest BCUT2D eigenvalue weighted by atomic mass is 16.6. The van der Waals surface area contributed by atoms with Gasteiger partial charge >= 0.3 is 12.1 Å². The fraction of sp³-hybridized carbons (Fsp3) is 0.636. The Balaban J connectivity index is 1.89. The molecule has 0 saturated carbocycles. The van der Waals surface area contributed by atoms with Crippen LogP contribution in [-0.4, -0.2) is 42.0 Å². The van der Waals surface area contributed by atoms with E-state index in [2.05, 4.69) is 10.6 Å². The summed E-state index contributed by atoms with van der Waals surface area (Å²) in [4.78, 5) is 25.0. The Hall–Kier alpha value is -2.28. The van der Waals surface area contributed by atoms with Crippen molar-refractivity contribution >= 4 is 12.1 Å². The molecule has 1 amide bonds. The number of benzene rings is 1. The maximum Gasteiger partial charge on any atom is 0.408 e. The summed E-state index contributed by atoms with van der Waals surface area (Å²) >= 11 is 0. The maximum atomic E-state index is 12.5. The number of alkyl carbamates (subject to hydrolysis) is 1. The Morgan fingerprint density at radius 3 is 2.41 bits per heavy atom. The van der Waals surface area contributed by atoms with Gasteiger partial charge in [-0.2, -0.15) is 0 Å². The molecule has 0 bridgehead atoms. The van der Waals surface area contributed by atoms with E-state index in [1.807, 2.05) is 41.5 Å². The molecule has 2 atom stereocenters. The second kappa shape index (κ2) is 7.52. The van der Waals surface area contributed by atoms with Crippen molar-refractivity contribution in [1.82, 2.24) is 10.6 Å². The van der Waals surface area contributed by atoms with Gasteiger partial charge in [0.1, 0.15) is 22.6 Å². The fourth-order valence-corrected chi connectivity index (χ4v) is 3.70. The van der Waals surface area contributed by atoms with E-state index in [9.17, 15) is 9.59 Å². The van der Waals surface area contributed by atoms with Crippen LogP contribution in [0.15, 0.2) is 18.2 Å². The molecule has 2 N–H and O–H groups in total. The molecule has 1 aromatic carbocycles. The third-order valence-corrected chi connectivity index (χ3v) is 4.82. The lowest BCUT2D eigenvalue weighted by Crippen LogP contribution is -2.47. The van der Waals surface area contributed by atoms with Crippen LogP contribution in [0.5, 0.6) is 5.75 Å². The molecular weight excluding hydrogens is 372 g/mol. The van der Waals surface area contributed by atoms with Crippen LogP contribution in [-0.2, 0) is 9.47 Å². The van der Waals surface area contributed by atoms with E-state index < -0.39 is 23.3 Å². The van der Waals surface area contributed by atoms with Gasteiger partial charge in [-0.3, -0.25) is 0 Å². The molecule has 3 rings (SSSR count). The quantitative estimate of drug-likeness (QED) is 0.731. The molecule has 2 aliphatic rings. The summed E-state index contributed by atoms with van der Waals surface area (Å²) in [5.41, 5.74) is -0.365. The number of hydrogen-bond acceptors (Lipinski definition) is 6. The molecular formula is C22H32N2O5. The molecule has 0 aromatic heterocycles. The zero-order valence-corrected chi connectivity index (χ0v) is 18.2. The minimum Gasteiger partial charge on any atom is -0.485 e. The van der Waals surface area contributed by atoms with E-state index in [0.717, 1.165) is 18.5 Å². The molecule has 2 heterocycles. The zero-order valence-electron chi connectivity index (χ0n) is 18.2. The van der Waals surface area contributed by atoms with Crippen LogP contribution in [0.2, 0.25) is 0 Å². The summed E-state index contributed by atoms with van der Waals surface area (Å²) < 4.78 is 17.3. The lowest BCUT2D eigenvalue weighted by Gasteiger charge is -2.40. The average Bonchev–Trinajstić information content (AvgIpc) is 2.98. The van der Waals surface area contributed by atoms with Crippen molar-refractivity contribution in [3.05, 3.63) is 29.3 Å². The summed E-state index contributed by atoms with van der Waals surface area (Å²) in [6.45, 7) is 12.5. The van der Waals surface area contributed by atoms with Gasteiger partial charge in [-0.25, -0.2) is 9.59 Å². The first kappa shape index (κ1) is 21.4. The van der Waals surface area contributed by atoms with Crippen molar-refractivity contribution in [1.29, 1.82) is 0 Å². The molecule has 29 heavy (non-hydrogen) atoms. The average molecular weight is 405 g/mol. The summed E-state index contributed by atoms with van der Waals surface area (Å²) in [5, 5.41) is 6.31. The lowest BCUT2D eigenvalue weighted by atomic mass is 9.86. The lowest BCUT2D eigenvalue weighted by molar-refractivity contribution is 0.00688. The first-order chi connectivity index (χ1) is 13.4. The van der Waals surface area contributed by atoms with E-state index in [-0.39, 0.29) is 11.6 Å². The van der Waals surface area contributed by atoms with Gasteiger partial charge in [0.05, 0.1) is 11.6 Å². The van der Waals surface area contributed by atoms with Crippen molar-refractivity contribution < 1.29 is 23.8 Å².